The molecule has 2 aromatic rings. The summed E-state index contributed by atoms with van der Waals surface area (Å²) in [5.41, 5.74) is 4.01. The Hall–Kier alpha value is -1.97. The van der Waals surface area contributed by atoms with E-state index in [4.69, 9.17) is 4.74 Å². The van der Waals surface area contributed by atoms with Crippen LogP contribution in [0.3, 0.4) is 0 Å². The van der Waals surface area contributed by atoms with Crippen LogP contribution >= 0.6 is 0 Å². The second-order valence-corrected chi connectivity index (χ2v) is 4.86. The first-order valence-electron chi connectivity index (χ1n) is 6.73. The summed E-state index contributed by atoms with van der Waals surface area (Å²) in [6.07, 6.45) is 2.20. The third kappa shape index (κ3) is 1.79. The minimum absolute atomic E-state index is 0.285. The third-order valence-electron chi connectivity index (χ3n) is 3.84. The second kappa shape index (κ2) is 4.61. The molecule has 0 radical (unpaired) electrons. The lowest BCUT2D eigenvalue weighted by atomic mass is 10.1. The van der Waals surface area contributed by atoms with Crippen molar-refractivity contribution in [3.63, 3.8) is 0 Å². The molecular weight excluding hydrogens is 240 g/mol. The number of anilines is 1. The van der Waals surface area contributed by atoms with Crippen molar-refractivity contribution >= 4 is 22.6 Å². The highest BCUT2D eigenvalue weighted by molar-refractivity contribution is 6.07. The lowest BCUT2D eigenvalue weighted by Crippen LogP contribution is -2.28. The third-order valence-corrected chi connectivity index (χ3v) is 3.84. The van der Waals surface area contributed by atoms with Crippen LogP contribution in [0.2, 0.25) is 0 Å². The lowest BCUT2D eigenvalue weighted by molar-refractivity contribution is 0.0603. The first kappa shape index (κ1) is 12.1. The number of para-hydroxylation sites is 1. The fraction of sp³-hybridized carbons (Fsp3) is 0.400. The van der Waals surface area contributed by atoms with Gasteiger partial charge in [-0.25, -0.2) is 4.79 Å². The lowest BCUT2D eigenvalue weighted by Gasteiger charge is -2.28. The van der Waals surface area contributed by atoms with Gasteiger partial charge in [-0.15, -0.1) is 0 Å². The van der Waals surface area contributed by atoms with E-state index in [0.717, 1.165) is 36.8 Å². The average molecular weight is 258 g/mol. The predicted octanol–water partition coefficient (Wildman–Crippen LogP) is 2.73. The number of hydrogen-bond acceptors (Lipinski definition) is 3. The molecule has 1 aromatic carbocycles. The molecule has 0 aliphatic carbocycles. The van der Waals surface area contributed by atoms with E-state index in [0.29, 0.717) is 5.56 Å². The number of carbonyl (C=O) groups is 1. The zero-order chi connectivity index (χ0) is 13.4. The van der Waals surface area contributed by atoms with Crippen molar-refractivity contribution in [3.8, 4) is 0 Å². The number of aromatic nitrogens is 1. The number of aromatic amines is 1. The zero-order valence-electron chi connectivity index (χ0n) is 11.3. The minimum atomic E-state index is -0.285. The molecule has 100 valence electrons. The molecule has 0 saturated heterocycles. The van der Waals surface area contributed by atoms with E-state index >= 15 is 0 Å². The van der Waals surface area contributed by atoms with Crippen molar-refractivity contribution in [3.05, 3.63) is 29.5 Å². The number of ether oxygens (including phenoxy) is 1. The van der Waals surface area contributed by atoms with Crippen LogP contribution in [-0.4, -0.2) is 31.2 Å². The van der Waals surface area contributed by atoms with Gasteiger partial charge < -0.3 is 14.6 Å². The molecule has 19 heavy (non-hydrogen) atoms. The normalized spacial score (nSPS) is 14.5. The molecule has 1 aliphatic heterocycles. The molecule has 0 bridgehead atoms. The van der Waals surface area contributed by atoms with Crippen molar-refractivity contribution in [2.75, 3.05) is 25.1 Å². The Morgan fingerprint density at radius 1 is 1.47 bits per heavy atom. The van der Waals surface area contributed by atoms with Gasteiger partial charge in [-0.2, -0.15) is 0 Å². The van der Waals surface area contributed by atoms with Gasteiger partial charge in [-0.05, 0) is 25.8 Å². The van der Waals surface area contributed by atoms with Crippen LogP contribution in [0.1, 0.15) is 29.4 Å². The van der Waals surface area contributed by atoms with E-state index < -0.39 is 0 Å². The molecule has 2 heterocycles. The summed E-state index contributed by atoms with van der Waals surface area (Å²) in [6, 6.07) is 5.81. The number of fused-ring (bicyclic) bond motifs is 3. The molecular formula is C15H18N2O2. The largest absolute Gasteiger partial charge is 0.465 e. The van der Waals surface area contributed by atoms with Crippen molar-refractivity contribution in [1.82, 2.24) is 4.98 Å². The van der Waals surface area contributed by atoms with E-state index in [9.17, 15) is 4.79 Å². The highest BCUT2D eigenvalue weighted by atomic mass is 16.5. The molecule has 0 amide bonds. The van der Waals surface area contributed by atoms with Crippen molar-refractivity contribution in [2.45, 2.75) is 19.8 Å². The second-order valence-electron chi connectivity index (χ2n) is 4.86. The first-order chi connectivity index (χ1) is 9.26. The van der Waals surface area contributed by atoms with E-state index in [1.54, 1.807) is 0 Å². The number of methoxy groups -OCH3 is 1. The number of nitrogens with one attached hydrogen (secondary N) is 1. The Bertz CT molecular complexity index is 630. The van der Waals surface area contributed by atoms with Crippen LogP contribution in [0.25, 0.3) is 10.9 Å². The van der Waals surface area contributed by atoms with Gasteiger partial charge in [0, 0.05) is 24.2 Å². The van der Waals surface area contributed by atoms with Gasteiger partial charge in [0.2, 0.25) is 0 Å². The summed E-state index contributed by atoms with van der Waals surface area (Å²) in [7, 11) is 1.42. The Balaban J connectivity index is 2.25. The molecule has 0 atom stereocenters. The number of H-pyrrole nitrogens is 1. The summed E-state index contributed by atoms with van der Waals surface area (Å²) in [5, 5.41) is 1.12. The van der Waals surface area contributed by atoms with Gasteiger partial charge in [0.15, 0.2) is 0 Å². The van der Waals surface area contributed by atoms with Crippen LogP contribution < -0.4 is 4.90 Å². The molecule has 0 spiro atoms. The quantitative estimate of drug-likeness (QED) is 0.842. The maximum Gasteiger partial charge on any atom is 0.339 e. The molecule has 0 saturated carbocycles. The Morgan fingerprint density at radius 3 is 3.05 bits per heavy atom. The van der Waals surface area contributed by atoms with E-state index in [1.807, 2.05) is 12.1 Å². The molecule has 0 unspecified atom stereocenters. The number of hydrogen-bond donors (Lipinski definition) is 1. The molecule has 3 rings (SSSR count). The first-order valence-corrected chi connectivity index (χ1v) is 6.73. The van der Waals surface area contributed by atoms with Crippen LogP contribution in [0.15, 0.2) is 18.2 Å². The van der Waals surface area contributed by atoms with Crippen LogP contribution in [0.5, 0.6) is 0 Å². The van der Waals surface area contributed by atoms with Crippen LogP contribution in [0, 0.1) is 0 Å². The van der Waals surface area contributed by atoms with Gasteiger partial charge >= 0.3 is 5.97 Å². The standard InChI is InChI=1S/C15H18N2O2/c1-3-17-9-5-8-12-14(17)10-6-4-7-11(13(10)16-12)15(18)19-2/h4,6-7,16H,3,5,8-9H2,1-2H3. The Kier molecular flexibility index (Phi) is 2.93. The predicted molar refractivity (Wildman–Crippen MR) is 75.8 cm³/mol. The average Bonchev–Trinajstić information content (AvgIpc) is 2.84. The number of carbonyl (C=O) groups excluding carboxylic acids is 1. The summed E-state index contributed by atoms with van der Waals surface area (Å²) in [5.74, 6) is -0.285. The van der Waals surface area contributed by atoms with Crippen LogP contribution in [-0.2, 0) is 11.2 Å². The Labute approximate surface area is 112 Å². The van der Waals surface area contributed by atoms with Crippen LogP contribution in [0.4, 0.5) is 5.69 Å². The number of benzene rings is 1. The SMILES string of the molecule is CCN1CCCc2[nH]c3c(C(=O)OC)cccc3c21. The highest BCUT2D eigenvalue weighted by Crippen LogP contribution is 2.36. The molecule has 0 fully saturated rings. The molecule has 1 N–H and O–H groups in total. The van der Waals surface area contributed by atoms with Crippen molar-refractivity contribution in [2.24, 2.45) is 0 Å². The topological polar surface area (TPSA) is 45.3 Å². The minimum Gasteiger partial charge on any atom is -0.465 e. The highest BCUT2D eigenvalue weighted by Gasteiger charge is 2.23. The molecule has 1 aromatic heterocycles. The fourth-order valence-electron chi connectivity index (χ4n) is 2.95. The van der Waals surface area contributed by atoms with Crippen molar-refractivity contribution in [1.29, 1.82) is 0 Å². The number of aryl methyl sites for hydroxylation is 1. The Morgan fingerprint density at radius 2 is 2.32 bits per heavy atom. The van der Waals surface area contributed by atoms with Gasteiger partial charge in [-0.3, -0.25) is 0 Å². The monoisotopic (exact) mass is 258 g/mol. The summed E-state index contributed by atoms with van der Waals surface area (Å²) >= 11 is 0. The van der Waals surface area contributed by atoms with Crippen molar-refractivity contribution < 1.29 is 9.53 Å². The number of nitrogens with zero attached hydrogens (tertiary/aromatic N) is 1. The summed E-state index contributed by atoms with van der Waals surface area (Å²) in [4.78, 5) is 17.6. The number of rotatable bonds is 2. The smallest absolute Gasteiger partial charge is 0.339 e. The maximum absolute atomic E-state index is 11.8. The molecule has 4 heteroatoms. The summed E-state index contributed by atoms with van der Waals surface area (Å²) in [6.45, 7) is 4.24. The van der Waals surface area contributed by atoms with Gasteiger partial charge in [0.05, 0.1) is 23.9 Å². The summed E-state index contributed by atoms with van der Waals surface area (Å²) < 4.78 is 4.86. The van der Waals surface area contributed by atoms with E-state index in [1.165, 1.54) is 18.5 Å². The van der Waals surface area contributed by atoms with E-state index in [-0.39, 0.29) is 5.97 Å². The molecule has 4 nitrogen and oxygen atoms in total. The van der Waals surface area contributed by atoms with E-state index in [2.05, 4.69) is 22.9 Å². The van der Waals surface area contributed by atoms with Gasteiger partial charge in [-0.1, -0.05) is 12.1 Å². The fourth-order valence-corrected chi connectivity index (χ4v) is 2.95. The maximum atomic E-state index is 11.8. The van der Waals surface area contributed by atoms with Gasteiger partial charge in [0.1, 0.15) is 0 Å². The molecule has 1 aliphatic rings. The zero-order valence-corrected chi connectivity index (χ0v) is 11.3. The number of esters is 1. The van der Waals surface area contributed by atoms with Gasteiger partial charge in [0.25, 0.3) is 0 Å².